The largest absolute Gasteiger partial charge is 0.450 e. The van der Waals surface area contributed by atoms with Crippen molar-refractivity contribution in [1.29, 1.82) is 0 Å². The van der Waals surface area contributed by atoms with E-state index < -0.39 is 0 Å². The molecule has 0 bridgehead atoms. The molecule has 2 aliphatic rings. The van der Waals surface area contributed by atoms with Crippen LogP contribution < -0.4 is 4.90 Å². The summed E-state index contributed by atoms with van der Waals surface area (Å²) < 4.78 is 11.2. The van der Waals surface area contributed by atoms with Crippen molar-refractivity contribution in [2.75, 3.05) is 39.3 Å². The number of ether oxygens (including phenoxy) is 2. The van der Waals surface area contributed by atoms with E-state index in [1.807, 2.05) is 6.92 Å². The smallest absolute Gasteiger partial charge is 0.410 e. The Balaban J connectivity index is 1.79. The number of carbonyl (C=O) groups excluding carboxylic acids is 1. The molecule has 130 valence electrons. The van der Waals surface area contributed by atoms with Crippen LogP contribution in [0.25, 0.3) is 0 Å². The van der Waals surface area contributed by atoms with Gasteiger partial charge in [0.1, 0.15) is 12.1 Å². The first-order valence-electron chi connectivity index (χ1n) is 8.79. The molecule has 0 aromatic carbocycles. The zero-order valence-corrected chi connectivity index (χ0v) is 15.0. The molecule has 2 aliphatic heterocycles. The molecular weight excluding hydrogens is 292 g/mol. The van der Waals surface area contributed by atoms with E-state index in [9.17, 15) is 4.79 Å². The number of rotatable bonds is 2. The zero-order chi connectivity index (χ0) is 16.9. The summed E-state index contributed by atoms with van der Waals surface area (Å²) in [6.45, 7) is 12.8. The highest BCUT2D eigenvalue weighted by Crippen LogP contribution is 2.34. The van der Waals surface area contributed by atoms with E-state index in [0.29, 0.717) is 6.61 Å². The highest BCUT2D eigenvalue weighted by molar-refractivity contribution is 5.67. The number of carbonyl (C=O) groups is 1. The lowest BCUT2D eigenvalue weighted by atomic mass is 9.88. The molecule has 0 aliphatic carbocycles. The second-order valence-corrected chi connectivity index (χ2v) is 7.36. The normalized spacial score (nSPS) is 27.9. The van der Waals surface area contributed by atoms with Crippen molar-refractivity contribution < 1.29 is 19.2 Å². The van der Waals surface area contributed by atoms with Crippen molar-refractivity contribution >= 4 is 6.09 Å². The van der Waals surface area contributed by atoms with Crippen LogP contribution in [0.2, 0.25) is 0 Å². The Labute approximate surface area is 140 Å². The highest BCUT2D eigenvalue weighted by Gasteiger charge is 2.36. The van der Waals surface area contributed by atoms with Crippen molar-refractivity contribution in [2.24, 2.45) is 0 Å². The van der Waals surface area contributed by atoms with Crippen molar-refractivity contribution in [2.45, 2.75) is 58.2 Å². The van der Waals surface area contributed by atoms with E-state index in [-0.39, 0.29) is 17.3 Å². The topological polar surface area (TPSA) is 43.2 Å². The number of amides is 1. The monoisotopic (exact) mass is 323 g/mol. The second kappa shape index (κ2) is 7.55. The van der Waals surface area contributed by atoms with Gasteiger partial charge in [-0.15, -0.1) is 0 Å². The predicted octanol–water partition coefficient (Wildman–Crippen LogP) is 1.08. The molecule has 5 nitrogen and oxygen atoms in total. The molecule has 2 rings (SSSR count). The molecule has 0 spiro atoms. The summed E-state index contributed by atoms with van der Waals surface area (Å²) in [5, 5.41) is 0. The Kier molecular flexibility index (Phi) is 5.94. The van der Waals surface area contributed by atoms with Crippen LogP contribution in [0, 0.1) is 11.8 Å². The minimum Gasteiger partial charge on any atom is -0.450 e. The Bertz CT molecular complexity index is 472. The molecule has 23 heavy (non-hydrogen) atoms. The minimum absolute atomic E-state index is 0.0696. The summed E-state index contributed by atoms with van der Waals surface area (Å²) in [5.74, 6) is 6.68. The van der Waals surface area contributed by atoms with Gasteiger partial charge in [0.05, 0.1) is 38.4 Å². The van der Waals surface area contributed by atoms with E-state index in [4.69, 9.17) is 9.47 Å². The van der Waals surface area contributed by atoms with Crippen LogP contribution in [-0.4, -0.2) is 61.5 Å². The van der Waals surface area contributed by atoms with Gasteiger partial charge in [-0.05, 0) is 52.9 Å². The lowest BCUT2D eigenvalue weighted by molar-refractivity contribution is -0.896. The first kappa shape index (κ1) is 18.1. The standard InChI is InChI=1S/C18H30N2O3/c1-5-22-16(21)20-14-12-19(13-15-20)11-7-10-18(4)9-6-8-17(2,3)23-18/h5-6,8-9,11-15H2,1-4H3/p+1/t18-/m1/s1. The fourth-order valence-electron chi connectivity index (χ4n) is 3.40. The fraction of sp³-hybridized carbons (Fsp3) is 0.833. The maximum absolute atomic E-state index is 11.7. The molecule has 2 saturated heterocycles. The van der Waals surface area contributed by atoms with Gasteiger partial charge in [0.2, 0.25) is 0 Å². The van der Waals surface area contributed by atoms with Crippen molar-refractivity contribution in [3.8, 4) is 11.8 Å². The van der Waals surface area contributed by atoms with Crippen LogP contribution in [0.4, 0.5) is 4.79 Å². The summed E-state index contributed by atoms with van der Waals surface area (Å²) >= 11 is 0. The zero-order valence-electron chi connectivity index (χ0n) is 15.0. The summed E-state index contributed by atoms with van der Waals surface area (Å²) in [4.78, 5) is 14.9. The number of nitrogens with one attached hydrogen (secondary N) is 1. The average Bonchev–Trinajstić information content (AvgIpc) is 2.46. The van der Waals surface area contributed by atoms with Crippen LogP contribution in [-0.2, 0) is 9.47 Å². The molecule has 5 heteroatoms. The van der Waals surface area contributed by atoms with Gasteiger partial charge in [-0.1, -0.05) is 5.92 Å². The van der Waals surface area contributed by atoms with Crippen molar-refractivity contribution in [1.82, 2.24) is 4.90 Å². The molecule has 1 N–H and O–H groups in total. The number of nitrogens with zero attached hydrogens (tertiary/aromatic N) is 1. The quantitative estimate of drug-likeness (QED) is 0.774. The highest BCUT2D eigenvalue weighted by atomic mass is 16.6. The van der Waals surface area contributed by atoms with Crippen LogP contribution in [0.3, 0.4) is 0 Å². The van der Waals surface area contributed by atoms with E-state index >= 15 is 0 Å². The van der Waals surface area contributed by atoms with Gasteiger partial charge >= 0.3 is 6.09 Å². The van der Waals surface area contributed by atoms with Crippen molar-refractivity contribution in [3.63, 3.8) is 0 Å². The molecule has 0 aromatic rings. The number of hydrogen-bond donors (Lipinski definition) is 1. The molecule has 1 atom stereocenters. The van der Waals surface area contributed by atoms with Crippen LogP contribution in [0.15, 0.2) is 0 Å². The van der Waals surface area contributed by atoms with Gasteiger partial charge in [-0.3, -0.25) is 4.90 Å². The van der Waals surface area contributed by atoms with Crippen LogP contribution >= 0.6 is 0 Å². The van der Waals surface area contributed by atoms with Crippen LogP contribution in [0.1, 0.15) is 47.0 Å². The summed E-state index contributed by atoms with van der Waals surface area (Å²) in [5.41, 5.74) is -0.381. The van der Waals surface area contributed by atoms with Gasteiger partial charge in [-0.2, -0.15) is 0 Å². The Morgan fingerprint density at radius 1 is 1.26 bits per heavy atom. The third kappa shape index (κ3) is 5.40. The molecule has 0 saturated carbocycles. The fourth-order valence-corrected chi connectivity index (χ4v) is 3.40. The number of piperazine rings is 1. The molecule has 0 radical (unpaired) electrons. The third-order valence-electron chi connectivity index (χ3n) is 4.62. The lowest BCUT2D eigenvalue weighted by Gasteiger charge is -2.40. The van der Waals surface area contributed by atoms with Gasteiger partial charge in [0, 0.05) is 0 Å². The van der Waals surface area contributed by atoms with Gasteiger partial charge in [0.25, 0.3) is 0 Å². The van der Waals surface area contributed by atoms with Gasteiger partial charge < -0.3 is 14.4 Å². The Morgan fingerprint density at radius 2 is 1.96 bits per heavy atom. The third-order valence-corrected chi connectivity index (χ3v) is 4.62. The SMILES string of the molecule is CCOC(=O)N1CC[NH+](CC#C[C@@]2(C)CCCC(C)(C)O2)CC1. The maximum atomic E-state index is 11.7. The minimum atomic E-state index is -0.312. The maximum Gasteiger partial charge on any atom is 0.410 e. The summed E-state index contributed by atoms with van der Waals surface area (Å²) in [6.07, 6.45) is 3.09. The van der Waals surface area contributed by atoms with E-state index in [0.717, 1.165) is 45.6 Å². The number of hydrogen-bond acceptors (Lipinski definition) is 3. The Morgan fingerprint density at radius 3 is 2.57 bits per heavy atom. The van der Waals surface area contributed by atoms with E-state index in [1.165, 1.54) is 11.3 Å². The molecule has 2 fully saturated rings. The molecule has 0 unspecified atom stereocenters. The molecule has 2 heterocycles. The summed E-state index contributed by atoms with van der Waals surface area (Å²) in [6, 6.07) is 0. The van der Waals surface area contributed by atoms with E-state index in [1.54, 1.807) is 4.90 Å². The van der Waals surface area contributed by atoms with Crippen LogP contribution in [0.5, 0.6) is 0 Å². The summed E-state index contributed by atoms with van der Waals surface area (Å²) in [7, 11) is 0. The molecular formula is C18H31N2O3+. The first-order valence-corrected chi connectivity index (χ1v) is 8.79. The average molecular weight is 323 g/mol. The van der Waals surface area contributed by atoms with Gasteiger partial charge in [-0.25, -0.2) is 4.79 Å². The first-order chi connectivity index (χ1) is 10.8. The molecule has 0 aromatic heterocycles. The van der Waals surface area contributed by atoms with Gasteiger partial charge in [0.15, 0.2) is 0 Å². The number of quaternary nitrogens is 1. The second-order valence-electron chi connectivity index (χ2n) is 7.36. The lowest BCUT2D eigenvalue weighted by Crippen LogP contribution is -3.14. The van der Waals surface area contributed by atoms with E-state index in [2.05, 4.69) is 32.6 Å². The Hall–Kier alpha value is -1.25. The van der Waals surface area contributed by atoms with Crippen molar-refractivity contribution in [3.05, 3.63) is 0 Å². The predicted molar refractivity (Wildman–Crippen MR) is 89.4 cm³/mol. The molecule has 1 amide bonds.